The van der Waals surface area contributed by atoms with Crippen LogP contribution in [-0.2, 0) is 6.42 Å². The molecule has 0 aliphatic carbocycles. The summed E-state index contributed by atoms with van der Waals surface area (Å²) < 4.78 is 16.0. The number of fused-ring (bicyclic) bond motifs is 1. The zero-order valence-corrected chi connectivity index (χ0v) is 12.0. The summed E-state index contributed by atoms with van der Waals surface area (Å²) in [7, 11) is 0. The van der Waals surface area contributed by atoms with E-state index in [1.807, 2.05) is 24.3 Å². The lowest BCUT2D eigenvalue weighted by molar-refractivity contribution is 0.617. The molecule has 0 N–H and O–H groups in total. The third-order valence-electron chi connectivity index (χ3n) is 3.10. The Bertz CT molecular complexity index is 768. The lowest BCUT2D eigenvalue weighted by Crippen LogP contribution is -2.04. The number of benzene rings is 2. The first-order valence-electron chi connectivity index (χ1n) is 6.18. The number of nitrogens with zero attached hydrogens (tertiary/aromatic N) is 2. The van der Waals surface area contributed by atoms with Gasteiger partial charge in [-0.3, -0.25) is 4.57 Å². The van der Waals surface area contributed by atoms with Crippen LogP contribution in [0.4, 0.5) is 4.39 Å². The first-order chi connectivity index (χ1) is 9.70. The summed E-state index contributed by atoms with van der Waals surface area (Å²) in [6.45, 7) is 0. The van der Waals surface area contributed by atoms with Crippen molar-refractivity contribution in [2.75, 3.05) is 5.88 Å². The molecule has 3 rings (SSSR count). The van der Waals surface area contributed by atoms with Gasteiger partial charge in [-0.2, -0.15) is 0 Å². The van der Waals surface area contributed by atoms with Crippen LogP contribution in [0.3, 0.4) is 0 Å². The van der Waals surface area contributed by atoms with Gasteiger partial charge in [0.15, 0.2) is 0 Å². The van der Waals surface area contributed by atoms with Crippen molar-refractivity contribution in [2.24, 2.45) is 0 Å². The number of halogens is 3. The summed E-state index contributed by atoms with van der Waals surface area (Å²) in [5.74, 6) is 0.789. The van der Waals surface area contributed by atoms with Crippen molar-refractivity contribution in [1.29, 1.82) is 0 Å². The predicted molar refractivity (Wildman–Crippen MR) is 80.5 cm³/mol. The fourth-order valence-corrected chi connectivity index (χ4v) is 2.59. The molecule has 0 fully saturated rings. The molecular weight excluding hydrogens is 298 g/mol. The third kappa shape index (κ3) is 2.28. The summed E-state index contributed by atoms with van der Waals surface area (Å²) in [6, 6.07) is 12.2. The van der Waals surface area contributed by atoms with Crippen LogP contribution in [0.2, 0.25) is 5.02 Å². The summed E-state index contributed by atoms with van der Waals surface area (Å²) >= 11 is 11.6. The highest BCUT2D eigenvalue weighted by Crippen LogP contribution is 2.25. The Morgan fingerprint density at radius 1 is 1.15 bits per heavy atom. The molecule has 0 radical (unpaired) electrons. The van der Waals surface area contributed by atoms with Crippen LogP contribution in [0.15, 0.2) is 42.5 Å². The maximum atomic E-state index is 14.2. The van der Waals surface area contributed by atoms with E-state index >= 15 is 0 Å². The molecule has 0 amide bonds. The zero-order chi connectivity index (χ0) is 14.1. The topological polar surface area (TPSA) is 17.8 Å². The number of para-hydroxylation sites is 2. The van der Waals surface area contributed by atoms with E-state index in [0.29, 0.717) is 23.0 Å². The number of rotatable bonds is 3. The molecule has 0 saturated heterocycles. The molecule has 0 atom stereocenters. The molecule has 5 heteroatoms. The average molecular weight is 309 g/mol. The molecule has 0 aliphatic rings. The van der Waals surface area contributed by atoms with Crippen LogP contribution >= 0.6 is 23.2 Å². The van der Waals surface area contributed by atoms with Gasteiger partial charge in [-0.25, -0.2) is 9.37 Å². The minimum absolute atomic E-state index is 0.370. The molecule has 3 aromatic rings. The van der Waals surface area contributed by atoms with Gasteiger partial charge in [0, 0.05) is 17.3 Å². The van der Waals surface area contributed by atoms with Gasteiger partial charge < -0.3 is 0 Å². The molecule has 1 aromatic heterocycles. The van der Waals surface area contributed by atoms with Gasteiger partial charge in [-0.05, 0) is 30.3 Å². The smallest absolute Gasteiger partial charge is 0.148 e. The Labute approximate surface area is 125 Å². The largest absolute Gasteiger partial charge is 0.293 e. The Morgan fingerprint density at radius 3 is 2.70 bits per heavy atom. The number of aryl methyl sites for hydroxylation is 1. The van der Waals surface area contributed by atoms with Crippen molar-refractivity contribution in [3.8, 4) is 5.69 Å². The maximum absolute atomic E-state index is 14.2. The van der Waals surface area contributed by atoms with Crippen molar-refractivity contribution < 1.29 is 4.39 Å². The molecule has 0 bridgehead atoms. The molecule has 2 aromatic carbocycles. The second-order valence-electron chi connectivity index (χ2n) is 4.39. The van der Waals surface area contributed by atoms with Gasteiger partial charge in [-0.1, -0.05) is 23.7 Å². The van der Waals surface area contributed by atoms with Crippen molar-refractivity contribution in [3.63, 3.8) is 0 Å². The van der Waals surface area contributed by atoms with Crippen LogP contribution in [0, 0.1) is 5.82 Å². The van der Waals surface area contributed by atoms with Crippen molar-refractivity contribution in [2.45, 2.75) is 6.42 Å². The monoisotopic (exact) mass is 308 g/mol. The minimum Gasteiger partial charge on any atom is -0.293 e. The van der Waals surface area contributed by atoms with E-state index in [-0.39, 0.29) is 5.82 Å². The highest BCUT2D eigenvalue weighted by Gasteiger charge is 2.14. The number of aromatic nitrogens is 2. The highest BCUT2D eigenvalue weighted by atomic mass is 35.5. The molecule has 0 spiro atoms. The Kier molecular flexibility index (Phi) is 3.64. The van der Waals surface area contributed by atoms with Gasteiger partial charge in [0.2, 0.25) is 0 Å². The molecular formula is C15H11Cl2FN2. The maximum Gasteiger partial charge on any atom is 0.148 e. The lowest BCUT2D eigenvalue weighted by atomic mass is 10.2. The van der Waals surface area contributed by atoms with E-state index in [2.05, 4.69) is 4.98 Å². The van der Waals surface area contributed by atoms with Crippen LogP contribution < -0.4 is 0 Å². The second-order valence-corrected chi connectivity index (χ2v) is 5.20. The molecule has 20 heavy (non-hydrogen) atoms. The molecule has 0 saturated carbocycles. The average Bonchev–Trinajstić information content (AvgIpc) is 2.78. The minimum atomic E-state index is -0.378. The van der Waals surface area contributed by atoms with E-state index < -0.39 is 0 Å². The number of hydrogen-bond donors (Lipinski definition) is 0. The fourth-order valence-electron chi connectivity index (χ4n) is 2.26. The van der Waals surface area contributed by atoms with Crippen molar-refractivity contribution in [1.82, 2.24) is 9.55 Å². The van der Waals surface area contributed by atoms with Gasteiger partial charge in [0.1, 0.15) is 11.6 Å². The van der Waals surface area contributed by atoms with E-state index in [4.69, 9.17) is 23.2 Å². The predicted octanol–water partition coefficient (Wildman–Crippen LogP) is 4.60. The Morgan fingerprint density at radius 2 is 1.95 bits per heavy atom. The van der Waals surface area contributed by atoms with E-state index in [9.17, 15) is 4.39 Å². The molecule has 0 unspecified atom stereocenters. The van der Waals surface area contributed by atoms with Crippen LogP contribution in [-0.4, -0.2) is 15.4 Å². The first kappa shape index (κ1) is 13.4. The normalized spacial score (nSPS) is 11.2. The Balaban J connectivity index is 2.30. The first-order valence-corrected chi connectivity index (χ1v) is 7.09. The third-order valence-corrected chi connectivity index (χ3v) is 3.52. The highest BCUT2D eigenvalue weighted by molar-refractivity contribution is 6.30. The summed E-state index contributed by atoms with van der Waals surface area (Å²) in [4.78, 5) is 4.52. The second kappa shape index (κ2) is 5.43. The number of imidazole rings is 1. The summed E-state index contributed by atoms with van der Waals surface area (Å²) in [6.07, 6.45) is 0.568. The molecule has 1 heterocycles. The van der Waals surface area contributed by atoms with Crippen molar-refractivity contribution >= 4 is 34.2 Å². The summed E-state index contributed by atoms with van der Waals surface area (Å²) in [5, 5.41) is 0.370. The summed E-state index contributed by atoms with van der Waals surface area (Å²) in [5.41, 5.74) is 2.11. The van der Waals surface area contributed by atoms with E-state index in [0.717, 1.165) is 16.9 Å². The van der Waals surface area contributed by atoms with Gasteiger partial charge in [0.25, 0.3) is 0 Å². The van der Waals surface area contributed by atoms with Crippen LogP contribution in [0.1, 0.15) is 5.82 Å². The van der Waals surface area contributed by atoms with Crippen molar-refractivity contribution in [3.05, 3.63) is 59.1 Å². The van der Waals surface area contributed by atoms with Gasteiger partial charge in [-0.15, -0.1) is 11.6 Å². The lowest BCUT2D eigenvalue weighted by Gasteiger charge is -2.10. The van der Waals surface area contributed by atoms with E-state index in [1.165, 1.54) is 6.07 Å². The quantitative estimate of drug-likeness (QED) is 0.647. The van der Waals surface area contributed by atoms with E-state index in [1.54, 1.807) is 16.7 Å². The SMILES string of the molecule is Fc1cc(Cl)ccc1-n1c(CCCl)nc2ccccc21. The van der Waals surface area contributed by atoms with Crippen LogP contribution in [0.25, 0.3) is 16.7 Å². The number of hydrogen-bond acceptors (Lipinski definition) is 1. The molecule has 2 nitrogen and oxygen atoms in total. The Hall–Kier alpha value is -1.58. The van der Waals surface area contributed by atoms with Gasteiger partial charge in [0.05, 0.1) is 16.7 Å². The zero-order valence-electron chi connectivity index (χ0n) is 10.5. The fraction of sp³-hybridized carbons (Fsp3) is 0.133. The standard InChI is InChI=1S/C15H11Cl2FN2/c16-8-7-15-19-12-3-1-2-4-14(12)20(15)13-6-5-10(17)9-11(13)18/h1-6,9H,7-8H2. The van der Waals surface area contributed by atoms with Crippen LogP contribution in [0.5, 0.6) is 0 Å². The van der Waals surface area contributed by atoms with Gasteiger partial charge >= 0.3 is 0 Å². The molecule has 0 aliphatic heterocycles. The molecule has 102 valence electrons. The number of alkyl halides is 1.